The maximum absolute atomic E-state index is 6.00. The SMILES string of the molecule is O.OO.[SrH2].[SrH2]. The monoisotopic (exact) mass is 232 g/mol. The van der Waals surface area contributed by atoms with Gasteiger partial charge in [0.1, 0.15) is 0 Å². The average molecular weight is 231 g/mol. The third-order valence-corrected chi connectivity index (χ3v) is 0. The van der Waals surface area contributed by atoms with E-state index in [1.54, 1.807) is 0 Å². The van der Waals surface area contributed by atoms with E-state index in [0.717, 1.165) is 0 Å². The Morgan fingerprint density at radius 3 is 0.800 bits per heavy atom. The molecule has 0 atom stereocenters. The first-order chi connectivity index (χ1) is 1.00. The van der Waals surface area contributed by atoms with Gasteiger partial charge in [0.05, 0.1) is 0 Å². The molecule has 0 heterocycles. The summed E-state index contributed by atoms with van der Waals surface area (Å²) in [6.45, 7) is 0. The van der Waals surface area contributed by atoms with E-state index < -0.39 is 0 Å². The first kappa shape index (κ1) is 24.9. The Morgan fingerprint density at radius 2 is 0.800 bits per heavy atom. The molecule has 5 heavy (non-hydrogen) atoms. The molecule has 30 valence electrons. The standard InChI is InChI=1S/H2O2.H2O.2Sr.4H/c1-2;;;;;;;/h1-2H;1H2;;;;;;. The molecule has 0 spiro atoms. The fourth-order valence-corrected chi connectivity index (χ4v) is 0. The first-order valence-corrected chi connectivity index (χ1v) is 0.200. The zero-order valence-corrected chi connectivity index (χ0v) is 1.39. The predicted octanol–water partition coefficient (Wildman–Crippen LogP) is -2.64. The van der Waals surface area contributed by atoms with Gasteiger partial charge in [0.25, 0.3) is 0 Å². The van der Waals surface area contributed by atoms with Crippen molar-refractivity contribution in [2.45, 2.75) is 0 Å². The van der Waals surface area contributed by atoms with E-state index in [2.05, 4.69) is 0 Å². The van der Waals surface area contributed by atoms with Crippen molar-refractivity contribution in [1.29, 1.82) is 0 Å². The van der Waals surface area contributed by atoms with E-state index in [1.807, 2.05) is 0 Å². The summed E-state index contributed by atoms with van der Waals surface area (Å²) in [7, 11) is 0. The van der Waals surface area contributed by atoms with Gasteiger partial charge in [0, 0.05) is 0 Å². The van der Waals surface area contributed by atoms with Crippen LogP contribution >= 0.6 is 0 Å². The molecule has 3 nitrogen and oxygen atoms in total. The van der Waals surface area contributed by atoms with Gasteiger partial charge in [-0.25, -0.2) is 0 Å². The molecule has 0 bridgehead atoms. The van der Waals surface area contributed by atoms with E-state index in [4.69, 9.17) is 10.5 Å². The molecule has 0 saturated carbocycles. The van der Waals surface area contributed by atoms with E-state index in [9.17, 15) is 0 Å². The maximum atomic E-state index is 6.00. The Kier molecular flexibility index (Phi) is 144. The first-order valence-electron chi connectivity index (χ1n) is 0.200. The molecule has 0 aromatic rings. The number of rotatable bonds is 0. The zero-order chi connectivity index (χ0) is 2.00. The van der Waals surface area contributed by atoms with Crippen molar-refractivity contribution < 1.29 is 16.0 Å². The van der Waals surface area contributed by atoms with Crippen molar-refractivity contribution in [2.24, 2.45) is 0 Å². The summed E-state index contributed by atoms with van der Waals surface area (Å²) in [5.41, 5.74) is 0. The molecule has 5 heteroatoms. The normalized spacial score (nSPS) is 1.20. The predicted molar refractivity (Wildman–Crippen MR) is 26.0 cm³/mol. The van der Waals surface area contributed by atoms with Gasteiger partial charge in [-0.1, -0.05) is 0 Å². The van der Waals surface area contributed by atoms with Crippen LogP contribution in [0.2, 0.25) is 0 Å². The molecule has 0 saturated heterocycles. The van der Waals surface area contributed by atoms with Gasteiger partial charge in [-0.05, 0) is 0 Å². The van der Waals surface area contributed by atoms with Gasteiger partial charge in [-0.3, -0.25) is 10.5 Å². The van der Waals surface area contributed by atoms with Crippen molar-refractivity contribution in [1.82, 2.24) is 0 Å². The summed E-state index contributed by atoms with van der Waals surface area (Å²) in [6.07, 6.45) is 0. The van der Waals surface area contributed by atoms with E-state index in [1.165, 1.54) is 0 Å². The fraction of sp³-hybridized carbons (Fsp3) is 0. The van der Waals surface area contributed by atoms with Crippen LogP contribution in [0.5, 0.6) is 0 Å². The second kappa shape index (κ2) is 28.9. The minimum absolute atomic E-state index is 0. The summed E-state index contributed by atoms with van der Waals surface area (Å²) in [4.78, 5) is 0. The molecule has 0 aromatic heterocycles. The molecule has 0 aromatic carbocycles. The molecule has 0 aliphatic carbocycles. The Balaban J connectivity index is -0.00000000167. The van der Waals surface area contributed by atoms with E-state index in [-0.39, 0.29) is 96.4 Å². The van der Waals surface area contributed by atoms with Crippen LogP contribution in [-0.4, -0.2) is 107 Å². The Hall–Kier alpha value is 2.84. The van der Waals surface area contributed by atoms with Gasteiger partial charge in [0.2, 0.25) is 0 Å². The molecule has 0 aliphatic heterocycles. The Labute approximate surface area is 104 Å². The van der Waals surface area contributed by atoms with Crippen LogP contribution in [-0.2, 0) is 0 Å². The quantitative estimate of drug-likeness (QED) is 0.272. The van der Waals surface area contributed by atoms with Crippen molar-refractivity contribution >= 4 is 91.0 Å². The van der Waals surface area contributed by atoms with Crippen LogP contribution < -0.4 is 0 Å². The third-order valence-electron chi connectivity index (χ3n) is 0. The van der Waals surface area contributed by atoms with E-state index in [0.29, 0.717) is 0 Å². The third kappa shape index (κ3) is 19.9. The Morgan fingerprint density at radius 1 is 0.800 bits per heavy atom. The summed E-state index contributed by atoms with van der Waals surface area (Å²) in [5.74, 6) is 0. The van der Waals surface area contributed by atoms with Crippen molar-refractivity contribution in [3.05, 3.63) is 0 Å². The molecule has 0 unspecified atom stereocenters. The molecule has 0 amide bonds. The van der Waals surface area contributed by atoms with Gasteiger partial charge in [-0.2, -0.15) is 0 Å². The van der Waals surface area contributed by atoms with Crippen molar-refractivity contribution in [3.63, 3.8) is 0 Å². The van der Waals surface area contributed by atoms with E-state index >= 15 is 0 Å². The van der Waals surface area contributed by atoms with Crippen LogP contribution in [0.15, 0.2) is 0 Å². The van der Waals surface area contributed by atoms with Gasteiger partial charge in [-0.15, -0.1) is 0 Å². The molecule has 0 radical (unpaired) electrons. The summed E-state index contributed by atoms with van der Waals surface area (Å²) >= 11 is 0. The topological polar surface area (TPSA) is 72.0 Å². The van der Waals surface area contributed by atoms with Crippen LogP contribution in [0.1, 0.15) is 0 Å². The van der Waals surface area contributed by atoms with Crippen molar-refractivity contribution in [3.8, 4) is 0 Å². The Bertz CT molecular complexity index is 4.85. The summed E-state index contributed by atoms with van der Waals surface area (Å²) < 4.78 is 0. The fourth-order valence-electron chi connectivity index (χ4n) is 0. The number of hydrogen-bond acceptors (Lipinski definition) is 2. The zero-order valence-electron chi connectivity index (χ0n) is 1.39. The van der Waals surface area contributed by atoms with Crippen LogP contribution in [0.4, 0.5) is 0 Å². The van der Waals surface area contributed by atoms with Gasteiger partial charge in [0.15, 0.2) is 0 Å². The average Bonchev–Trinajstić information content (AvgIpc) is 1.00. The summed E-state index contributed by atoms with van der Waals surface area (Å²) in [5, 5.41) is 12.0. The summed E-state index contributed by atoms with van der Waals surface area (Å²) in [6, 6.07) is 0. The molecular weight excluding hydrogens is 223 g/mol. The molecular formula is H8O3Sr2. The van der Waals surface area contributed by atoms with Crippen LogP contribution in [0, 0.1) is 0 Å². The second-order valence-electron chi connectivity index (χ2n) is 0. The van der Waals surface area contributed by atoms with Crippen molar-refractivity contribution in [2.75, 3.05) is 0 Å². The minimum atomic E-state index is 0. The molecule has 0 rings (SSSR count). The van der Waals surface area contributed by atoms with Crippen LogP contribution in [0.25, 0.3) is 0 Å². The van der Waals surface area contributed by atoms with Crippen LogP contribution in [0.3, 0.4) is 0 Å². The molecule has 0 fully saturated rings. The molecule has 4 N–H and O–H groups in total. The number of hydrogen-bond donors (Lipinski definition) is 2. The second-order valence-corrected chi connectivity index (χ2v) is 0. The van der Waals surface area contributed by atoms with Gasteiger partial charge >= 0.3 is 91.0 Å². The van der Waals surface area contributed by atoms with Gasteiger partial charge < -0.3 is 5.48 Å². The molecule has 0 aliphatic rings.